The highest BCUT2D eigenvalue weighted by atomic mass is 32.2. The molecule has 0 saturated carbocycles. The van der Waals surface area contributed by atoms with E-state index in [0.29, 0.717) is 5.75 Å². The van der Waals surface area contributed by atoms with Gasteiger partial charge in [-0.2, -0.15) is 8.42 Å². The van der Waals surface area contributed by atoms with E-state index in [-0.39, 0.29) is 0 Å². The molecule has 1 aromatic carbocycles. The average Bonchev–Trinajstić information content (AvgIpc) is 2.71. The van der Waals surface area contributed by atoms with Crippen molar-refractivity contribution in [2.45, 2.75) is 5.16 Å². The largest absolute Gasteiger partial charge is 0.508 e. The number of phenolic OH excluding ortho intramolecular Hbond substituents is 1. The third-order valence-electron chi connectivity index (χ3n) is 1.47. The Morgan fingerprint density at radius 3 is 2.06 bits per heavy atom. The SMILES string of the molecule is O=S(=O)(O)c1ncc[nH]1.Oc1ccccc1. The van der Waals surface area contributed by atoms with Gasteiger partial charge in [0, 0.05) is 12.4 Å². The van der Waals surface area contributed by atoms with Gasteiger partial charge in [0.1, 0.15) is 5.75 Å². The van der Waals surface area contributed by atoms with E-state index in [9.17, 15) is 8.42 Å². The van der Waals surface area contributed by atoms with E-state index in [4.69, 9.17) is 9.66 Å². The Balaban J connectivity index is 0.000000165. The first-order valence-corrected chi connectivity index (χ1v) is 5.65. The lowest BCUT2D eigenvalue weighted by molar-refractivity contribution is 0.474. The lowest BCUT2D eigenvalue weighted by Crippen LogP contribution is -1.99. The number of benzene rings is 1. The van der Waals surface area contributed by atoms with Crippen molar-refractivity contribution in [3.63, 3.8) is 0 Å². The van der Waals surface area contributed by atoms with Crippen molar-refractivity contribution in [3.05, 3.63) is 42.7 Å². The van der Waals surface area contributed by atoms with Crippen LogP contribution in [0.5, 0.6) is 5.75 Å². The molecular weight excluding hydrogens is 232 g/mol. The quantitative estimate of drug-likeness (QED) is 0.648. The normalized spacial score (nSPS) is 10.3. The molecule has 0 saturated heterocycles. The van der Waals surface area contributed by atoms with Crippen molar-refractivity contribution in [2.75, 3.05) is 0 Å². The van der Waals surface area contributed by atoms with Crippen molar-refractivity contribution in [1.29, 1.82) is 0 Å². The first-order valence-electron chi connectivity index (χ1n) is 4.21. The van der Waals surface area contributed by atoms with Crippen molar-refractivity contribution in [2.24, 2.45) is 0 Å². The van der Waals surface area contributed by atoms with Gasteiger partial charge in [0.05, 0.1) is 0 Å². The van der Waals surface area contributed by atoms with Gasteiger partial charge in [0.15, 0.2) is 0 Å². The van der Waals surface area contributed by atoms with Gasteiger partial charge in [-0.05, 0) is 12.1 Å². The minimum absolute atomic E-state index is 0.322. The summed E-state index contributed by atoms with van der Waals surface area (Å²) in [6.45, 7) is 0. The molecule has 0 aliphatic carbocycles. The van der Waals surface area contributed by atoms with Crippen LogP contribution in [0.2, 0.25) is 0 Å². The number of nitrogens with one attached hydrogen (secondary N) is 1. The highest BCUT2D eigenvalue weighted by molar-refractivity contribution is 7.85. The lowest BCUT2D eigenvalue weighted by atomic mass is 10.3. The van der Waals surface area contributed by atoms with Gasteiger partial charge in [-0.15, -0.1) is 0 Å². The third-order valence-corrected chi connectivity index (χ3v) is 2.19. The third kappa shape index (κ3) is 4.11. The zero-order chi connectivity index (χ0) is 12.0. The molecule has 6 nitrogen and oxygen atoms in total. The predicted octanol–water partition coefficient (Wildman–Crippen LogP) is 1.05. The van der Waals surface area contributed by atoms with Gasteiger partial charge in [-0.3, -0.25) is 4.55 Å². The van der Waals surface area contributed by atoms with Gasteiger partial charge in [-0.1, -0.05) is 18.2 Å². The van der Waals surface area contributed by atoms with Crippen LogP contribution in [0.1, 0.15) is 0 Å². The smallest absolute Gasteiger partial charge is 0.328 e. The number of rotatable bonds is 1. The molecule has 0 fully saturated rings. The second-order valence-corrected chi connectivity index (χ2v) is 4.04. The van der Waals surface area contributed by atoms with Gasteiger partial charge >= 0.3 is 10.1 Å². The molecule has 0 amide bonds. The van der Waals surface area contributed by atoms with E-state index in [1.54, 1.807) is 24.3 Å². The minimum Gasteiger partial charge on any atom is -0.508 e. The lowest BCUT2D eigenvalue weighted by Gasteiger charge is -1.84. The van der Waals surface area contributed by atoms with Crippen molar-refractivity contribution in [1.82, 2.24) is 9.97 Å². The maximum absolute atomic E-state index is 10.2. The number of aromatic hydroxyl groups is 1. The molecule has 0 unspecified atom stereocenters. The second-order valence-electron chi connectivity index (χ2n) is 2.70. The van der Waals surface area contributed by atoms with Gasteiger partial charge in [-0.25, -0.2) is 4.98 Å². The molecule has 1 heterocycles. The fraction of sp³-hybridized carbons (Fsp3) is 0. The number of imidazole rings is 1. The van der Waals surface area contributed by atoms with Crippen molar-refractivity contribution < 1.29 is 18.1 Å². The zero-order valence-corrected chi connectivity index (χ0v) is 8.92. The molecule has 86 valence electrons. The Morgan fingerprint density at radius 1 is 1.19 bits per heavy atom. The Bertz CT molecular complexity index is 508. The van der Waals surface area contributed by atoms with Gasteiger partial charge < -0.3 is 10.1 Å². The highest BCUT2D eigenvalue weighted by Gasteiger charge is 2.09. The van der Waals surface area contributed by atoms with E-state index in [1.165, 1.54) is 12.4 Å². The van der Waals surface area contributed by atoms with Gasteiger partial charge in [0.25, 0.3) is 5.16 Å². The van der Waals surface area contributed by atoms with Crippen LogP contribution >= 0.6 is 0 Å². The summed E-state index contributed by atoms with van der Waals surface area (Å²) >= 11 is 0. The molecule has 0 aliphatic heterocycles. The van der Waals surface area contributed by atoms with Crippen LogP contribution < -0.4 is 0 Å². The summed E-state index contributed by atoms with van der Waals surface area (Å²) in [4.78, 5) is 5.52. The topological polar surface area (TPSA) is 103 Å². The Morgan fingerprint density at radius 2 is 1.81 bits per heavy atom. The number of nitrogens with zero attached hydrogens (tertiary/aromatic N) is 1. The molecule has 0 atom stereocenters. The summed E-state index contributed by atoms with van der Waals surface area (Å²) in [5, 5.41) is 8.20. The number of hydrogen-bond acceptors (Lipinski definition) is 4. The van der Waals surface area contributed by atoms with E-state index in [0.717, 1.165) is 0 Å². The summed E-state index contributed by atoms with van der Waals surface area (Å²) in [7, 11) is -4.13. The molecule has 1 aromatic heterocycles. The molecule has 0 aliphatic rings. The fourth-order valence-corrected chi connectivity index (χ4v) is 1.23. The molecule has 2 rings (SSSR count). The standard InChI is InChI=1S/C6H6O.C3H4N2O3S/c7-6-4-2-1-3-5-6;6-9(7,8)3-4-1-2-5-3/h1-5,7H;1-2H,(H,4,5)(H,6,7,8). The second kappa shape index (κ2) is 5.29. The number of aromatic amines is 1. The summed E-state index contributed by atoms with van der Waals surface area (Å²) < 4.78 is 28.6. The summed E-state index contributed by atoms with van der Waals surface area (Å²) in [5.74, 6) is 0.322. The molecule has 3 N–H and O–H groups in total. The van der Waals surface area contributed by atoms with Gasteiger partial charge in [0.2, 0.25) is 0 Å². The van der Waals surface area contributed by atoms with Crippen molar-refractivity contribution >= 4 is 10.1 Å². The summed E-state index contributed by atoms with van der Waals surface area (Å²) in [6, 6.07) is 8.71. The van der Waals surface area contributed by atoms with Crippen LogP contribution in [-0.4, -0.2) is 28.0 Å². The average molecular weight is 242 g/mol. The van der Waals surface area contributed by atoms with E-state index in [2.05, 4.69) is 9.97 Å². The Kier molecular flexibility index (Phi) is 4.03. The molecule has 0 bridgehead atoms. The van der Waals surface area contributed by atoms with Crippen LogP contribution in [0.25, 0.3) is 0 Å². The van der Waals surface area contributed by atoms with E-state index < -0.39 is 15.3 Å². The maximum atomic E-state index is 10.2. The van der Waals surface area contributed by atoms with Crippen LogP contribution in [0, 0.1) is 0 Å². The molecular formula is C9H10N2O4S. The van der Waals surface area contributed by atoms with Crippen LogP contribution in [-0.2, 0) is 10.1 Å². The molecule has 7 heteroatoms. The number of para-hydroxylation sites is 1. The van der Waals surface area contributed by atoms with Crippen LogP contribution in [0.4, 0.5) is 0 Å². The maximum Gasteiger partial charge on any atom is 0.328 e. The minimum atomic E-state index is -4.13. The summed E-state index contributed by atoms with van der Waals surface area (Å²) in [6.07, 6.45) is 2.55. The zero-order valence-electron chi connectivity index (χ0n) is 8.11. The van der Waals surface area contributed by atoms with E-state index in [1.807, 2.05) is 6.07 Å². The Labute approximate surface area is 92.3 Å². The molecule has 2 aromatic rings. The van der Waals surface area contributed by atoms with Crippen LogP contribution in [0.15, 0.2) is 47.9 Å². The molecule has 0 spiro atoms. The molecule has 16 heavy (non-hydrogen) atoms. The number of phenols is 1. The van der Waals surface area contributed by atoms with Crippen LogP contribution in [0.3, 0.4) is 0 Å². The molecule has 0 radical (unpaired) electrons. The highest BCUT2D eigenvalue weighted by Crippen LogP contribution is 2.02. The first-order chi connectivity index (χ1) is 7.50. The van der Waals surface area contributed by atoms with Crippen molar-refractivity contribution in [3.8, 4) is 5.75 Å². The number of H-pyrrole nitrogens is 1. The van der Waals surface area contributed by atoms with E-state index >= 15 is 0 Å². The monoisotopic (exact) mass is 242 g/mol. The number of aromatic nitrogens is 2. The number of hydrogen-bond donors (Lipinski definition) is 3. The first kappa shape index (κ1) is 12.2. The Hall–Kier alpha value is -1.86. The predicted molar refractivity (Wildman–Crippen MR) is 56.5 cm³/mol. The summed E-state index contributed by atoms with van der Waals surface area (Å²) in [5.41, 5.74) is 0. The fourth-order valence-electron chi connectivity index (χ4n) is 0.820.